The van der Waals surface area contributed by atoms with Crippen molar-refractivity contribution in [3.8, 4) is 5.75 Å². The third kappa shape index (κ3) is 6.04. The van der Waals surface area contributed by atoms with Crippen LogP contribution in [0.15, 0.2) is 113 Å². The van der Waals surface area contributed by atoms with Gasteiger partial charge >= 0.3 is 5.91 Å². The molecule has 1 N–H and O–H groups in total. The van der Waals surface area contributed by atoms with Crippen LogP contribution < -0.4 is 9.64 Å². The number of aliphatic hydroxyl groups is 1. The highest BCUT2D eigenvalue weighted by atomic mass is 32.2. The van der Waals surface area contributed by atoms with Gasteiger partial charge in [0.1, 0.15) is 23.9 Å². The lowest BCUT2D eigenvalue weighted by Gasteiger charge is -2.23. The fourth-order valence-electron chi connectivity index (χ4n) is 4.64. The number of ketones is 1. The molecule has 0 radical (unpaired) electrons. The lowest BCUT2D eigenvalue weighted by molar-refractivity contribution is -0.132. The lowest BCUT2D eigenvalue weighted by atomic mass is 9.95. The maximum absolute atomic E-state index is 14.1. The second-order valence-corrected chi connectivity index (χ2v) is 11.7. The average molecular weight is 611 g/mol. The summed E-state index contributed by atoms with van der Waals surface area (Å²) in [6.45, 7) is 0.320. The van der Waals surface area contributed by atoms with Gasteiger partial charge in [0.05, 0.1) is 11.6 Å². The van der Waals surface area contributed by atoms with Gasteiger partial charge in [-0.1, -0.05) is 83.8 Å². The number of carbonyl (C=O) groups excluding carboxylic acids is 2. The number of ether oxygens (including phenoxy) is 1. The average Bonchev–Trinajstić information content (AvgIpc) is 3.62. The zero-order valence-corrected chi connectivity index (χ0v) is 24.1. The summed E-state index contributed by atoms with van der Waals surface area (Å²) in [5, 5.41) is 19.9. The molecule has 0 bridgehead atoms. The van der Waals surface area contributed by atoms with Crippen LogP contribution in [0.25, 0.3) is 5.76 Å². The molecule has 8 nitrogen and oxygen atoms in total. The van der Waals surface area contributed by atoms with Gasteiger partial charge in [-0.05, 0) is 47.0 Å². The van der Waals surface area contributed by atoms with E-state index in [1.54, 1.807) is 54.6 Å². The summed E-state index contributed by atoms with van der Waals surface area (Å²) in [4.78, 5) is 32.3. The van der Waals surface area contributed by atoms with Crippen molar-refractivity contribution in [3.63, 3.8) is 0 Å². The van der Waals surface area contributed by atoms with Crippen molar-refractivity contribution in [1.82, 2.24) is 15.2 Å². The van der Waals surface area contributed by atoms with Crippen molar-refractivity contribution in [2.75, 3.05) is 4.90 Å². The fourth-order valence-corrected chi connectivity index (χ4v) is 6.49. The number of Topliss-reactive ketones (excluding diaryl/α,β-unsaturated/α-hetero) is 1. The first-order valence-electron chi connectivity index (χ1n) is 13.2. The number of carbonyl (C=O) groups is 2. The van der Waals surface area contributed by atoms with Crippen molar-refractivity contribution < 1.29 is 23.8 Å². The van der Waals surface area contributed by atoms with Gasteiger partial charge < -0.3 is 9.84 Å². The maximum Gasteiger partial charge on any atom is 0.301 e. The Morgan fingerprint density at radius 3 is 2.51 bits per heavy atom. The highest BCUT2D eigenvalue weighted by Crippen LogP contribution is 2.44. The van der Waals surface area contributed by atoms with Crippen LogP contribution in [0.3, 0.4) is 0 Å². The van der Waals surface area contributed by atoms with Crippen molar-refractivity contribution in [1.29, 1.82) is 0 Å². The van der Waals surface area contributed by atoms with Gasteiger partial charge in [0.15, 0.2) is 4.34 Å². The maximum atomic E-state index is 14.1. The number of benzene rings is 3. The third-order valence-corrected chi connectivity index (χ3v) is 8.84. The van der Waals surface area contributed by atoms with E-state index < -0.39 is 17.7 Å². The van der Waals surface area contributed by atoms with Crippen LogP contribution in [0.2, 0.25) is 0 Å². The molecule has 6 rings (SSSR count). The Kier molecular flexibility index (Phi) is 8.25. The predicted molar refractivity (Wildman–Crippen MR) is 162 cm³/mol. The first-order chi connectivity index (χ1) is 21.0. The van der Waals surface area contributed by atoms with Crippen LogP contribution in [0, 0.1) is 5.82 Å². The van der Waals surface area contributed by atoms with Crippen LogP contribution in [-0.4, -0.2) is 32.0 Å². The number of nitrogens with zero attached hydrogens (tertiary/aromatic N) is 4. The number of thioether (sulfide) groups is 1. The molecule has 1 atom stereocenters. The van der Waals surface area contributed by atoms with Gasteiger partial charge in [-0.15, -0.1) is 10.2 Å². The zero-order valence-electron chi connectivity index (χ0n) is 22.5. The smallest absolute Gasteiger partial charge is 0.301 e. The van der Waals surface area contributed by atoms with E-state index in [4.69, 9.17) is 4.74 Å². The van der Waals surface area contributed by atoms with E-state index in [0.717, 1.165) is 16.9 Å². The molecule has 5 aromatic rings. The van der Waals surface area contributed by atoms with Gasteiger partial charge in [0, 0.05) is 23.7 Å². The molecular formula is C32H23FN4O4S2. The molecule has 1 aliphatic heterocycles. The minimum atomic E-state index is -1.01. The Balaban J connectivity index is 1.36. The highest BCUT2D eigenvalue weighted by molar-refractivity contribution is 8.00. The first kappa shape index (κ1) is 28.3. The molecule has 11 heteroatoms. The number of hydrogen-bond donors (Lipinski definition) is 1. The quantitative estimate of drug-likeness (QED) is 0.0657. The van der Waals surface area contributed by atoms with Crippen molar-refractivity contribution >= 4 is 45.7 Å². The topological polar surface area (TPSA) is 106 Å². The second kappa shape index (κ2) is 12.6. The molecule has 1 saturated heterocycles. The highest BCUT2D eigenvalue weighted by Gasteiger charge is 2.48. The summed E-state index contributed by atoms with van der Waals surface area (Å²) >= 11 is 2.38. The number of anilines is 1. The summed E-state index contributed by atoms with van der Waals surface area (Å²) in [5.74, 6) is -1.52. The number of aromatic nitrogens is 3. The van der Waals surface area contributed by atoms with Crippen molar-refractivity contribution in [2.24, 2.45) is 0 Å². The van der Waals surface area contributed by atoms with E-state index in [0.29, 0.717) is 39.1 Å². The Labute approximate surface area is 254 Å². The van der Waals surface area contributed by atoms with Crippen LogP contribution in [0.1, 0.15) is 28.3 Å². The standard InChI is InChI=1S/C32H23FN4O4S2/c33-25-12-5-4-9-23(25)19-42-32-36-35-31(43-32)37-27(26(29(39)30(37)40)28(38)21-13-15-34-16-14-21)22-10-6-11-24(17-22)41-18-20-7-2-1-3-8-20/h1-17,27,38H,18-19H2/b28-26+. The van der Waals surface area contributed by atoms with Crippen LogP contribution in [0.5, 0.6) is 5.75 Å². The molecule has 0 saturated carbocycles. The third-order valence-electron chi connectivity index (χ3n) is 6.73. The molecule has 2 aromatic heterocycles. The van der Waals surface area contributed by atoms with Crippen molar-refractivity contribution in [2.45, 2.75) is 22.7 Å². The van der Waals surface area contributed by atoms with E-state index in [2.05, 4.69) is 15.2 Å². The molecule has 1 unspecified atom stereocenters. The van der Waals surface area contributed by atoms with Gasteiger partial charge in [-0.3, -0.25) is 19.5 Å². The number of aliphatic hydroxyl groups excluding tert-OH is 1. The Morgan fingerprint density at radius 2 is 1.72 bits per heavy atom. The second-order valence-electron chi connectivity index (χ2n) is 9.48. The SMILES string of the molecule is O=C1C(=O)N(c2nnc(SCc3ccccc3F)s2)C(c2cccc(OCc3ccccc3)c2)/C1=C(\O)c1ccncc1. The van der Waals surface area contributed by atoms with E-state index in [1.807, 2.05) is 30.3 Å². The molecule has 0 aliphatic carbocycles. The Hall–Kier alpha value is -4.87. The van der Waals surface area contributed by atoms with E-state index in [9.17, 15) is 19.1 Å². The first-order valence-corrected chi connectivity index (χ1v) is 15.0. The summed E-state index contributed by atoms with van der Waals surface area (Å²) < 4.78 is 20.7. The van der Waals surface area contributed by atoms with Crippen LogP contribution in [0.4, 0.5) is 9.52 Å². The molecule has 214 valence electrons. The molecule has 3 aromatic carbocycles. The number of amides is 1. The minimum Gasteiger partial charge on any atom is -0.507 e. The number of halogens is 1. The lowest BCUT2D eigenvalue weighted by Crippen LogP contribution is -2.29. The number of pyridine rings is 1. The molecule has 1 fully saturated rings. The summed E-state index contributed by atoms with van der Waals surface area (Å²) in [5.41, 5.74) is 2.27. The Bertz CT molecular complexity index is 1810. The molecule has 1 amide bonds. The summed E-state index contributed by atoms with van der Waals surface area (Å²) in [7, 11) is 0. The monoisotopic (exact) mass is 610 g/mol. The molecular weight excluding hydrogens is 588 g/mol. The minimum absolute atomic E-state index is 0.0906. The number of hydrogen-bond acceptors (Lipinski definition) is 9. The van der Waals surface area contributed by atoms with Crippen LogP contribution in [-0.2, 0) is 21.9 Å². The van der Waals surface area contributed by atoms with Gasteiger partial charge in [-0.25, -0.2) is 4.39 Å². The number of rotatable bonds is 9. The van der Waals surface area contributed by atoms with Gasteiger partial charge in [-0.2, -0.15) is 0 Å². The fraction of sp³-hybridized carbons (Fsp3) is 0.0938. The van der Waals surface area contributed by atoms with Gasteiger partial charge in [0.2, 0.25) is 5.13 Å². The Morgan fingerprint density at radius 1 is 0.953 bits per heavy atom. The van der Waals surface area contributed by atoms with E-state index >= 15 is 0 Å². The molecule has 1 aliphatic rings. The molecule has 0 spiro atoms. The molecule has 3 heterocycles. The normalized spacial score (nSPS) is 16.0. The molecule has 43 heavy (non-hydrogen) atoms. The van der Waals surface area contributed by atoms with Crippen molar-refractivity contribution in [3.05, 3.63) is 137 Å². The van der Waals surface area contributed by atoms with E-state index in [1.165, 1.54) is 35.1 Å². The zero-order chi connectivity index (χ0) is 29.8. The largest absolute Gasteiger partial charge is 0.507 e. The van der Waals surface area contributed by atoms with Crippen LogP contribution >= 0.6 is 23.1 Å². The van der Waals surface area contributed by atoms with Gasteiger partial charge in [0.25, 0.3) is 5.78 Å². The summed E-state index contributed by atoms with van der Waals surface area (Å²) in [6.07, 6.45) is 2.98. The predicted octanol–water partition coefficient (Wildman–Crippen LogP) is 6.57. The van der Waals surface area contributed by atoms with E-state index in [-0.39, 0.29) is 22.3 Å². The summed E-state index contributed by atoms with van der Waals surface area (Å²) in [6, 6.07) is 25.3.